The zero-order chi connectivity index (χ0) is 16.7. The molecule has 1 N–H and O–H groups in total. The Morgan fingerprint density at radius 1 is 1.04 bits per heavy atom. The summed E-state index contributed by atoms with van der Waals surface area (Å²) in [5.41, 5.74) is 4.80. The number of hydrogen-bond acceptors (Lipinski definition) is 2. The molecule has 2 rings (SSSR count). The standard InChI is InChI=1S/C20H26N2O/c1-4-22(15-18-8-6-5-7-9-18)20(23)12-13-21-19-11-10-16(2)17(3)14-19/h5-11,14,21H,4,12-13,15H2,1-3H3. The quantitative estimate of drug-likeness (QED) is 0.833. The molecule has 23 heavy (non-hydrogen) atoms. The Hall–Kier alpha value is -2.29. The summed E-state index contributed by atoms with van der Waals surface area (Å²) in [6, 6.07) is 16.4. The molecule has 0 saturated heterocycles. The summed E-state index contributed by atoms with van der Waals surface area (Å²) in [4.78, 5) is 14.3. The molecule has 2 aromatic rings. The van der Waals surface area contributed by atoms with Gasteiger partial charge in [-0.25, -0.2) is 0 Å². The number of carbonyl (C=O) groups is 1. The minimum atomic E-state index is 0.188. The first kappa shape index (κ1) is 17.1. The van der Waals surface area contributed by atoms with Crippen molar-refractivity contribution in [2.24, 2.45) is 0 Å². The van der Waals surface area contributed by atoms with Crippen LogP contribution in [0.15, 0.2) is 48.5 Å². The number of nitrogens with zero attached hydrogens (tertiary/aromatic N) is 1. The van der Waals surface area contributed by atoms with Crippen LogP contribution < -0.4 is 5.32 Å². The maximum atomic E-state index is 12.4. The molecule has 0 unspecified atom stereocenters. The third-order valence-electron chi connectivity index (χ3n) is 4.13. The molecular weight excluding hydrogens is 284 g/mol. The summed E-state index contributed by atoms with van der Waals surface area (Å²) in [6.07, 6.45) is 0.508. The predicted octanol–water partition coefficient (Wildman–Crippen LogP) is 4.15. The minimum absolute atomic E-state index is 0.188. The van der Waals surface area contributed by atoms with Gasteiger partial charge < -0.3 is 10.2 Å². The van der Waals surface area contributed by atoms with Gasteiger partial charge in [-0.1, -0.05) is 36.4 Å². The first-order chi connectivity index (χ1) is 11.1. The van der Waals surface area contributed by atoms with Gasteiger partial charge in [-0.2, -0.15) is 0 Å². The second-order valence-electron chi connectivity index (χ2n) is 5.87. The number of anilines is 1. The summed E-state index contributed by atoms with van der Waals surface area (Å²) in [6.45, 7) is 8.30. The molecular formula is C20H26N2O. The molecule has 0 aliphatic heterocycles. The van der Waals surface area contributed by atoms with Crippen molar-refractivity contribution < 1.29 is 4.79 Å². The maximum absolute atomic E-state index is 12.4. The number of carbonyl (C=O) groups excluding carboxylic acids is 1. The Labute approximate surface area is 139 Å². The summed E-state index contributed by atoms with van der Waals surface area (Å²) in [5.74, 6) is 0.188. The Morgan fingerprint density at radius 2 is 1.78 bits per heavy atom. The fraction of sp³-hybridized carbons (Fsp3) is 0.350. The highest BCUT2D eigenvalue weighted by Crippen LogP contribution is 2.14. The van der Waals surface area contributed by atoms with Crippen LogP contribution in [0, 0.1) is 13.8 Å². The maximum Gasteiger partial charge on any atom is 0.224 e. The average molecular weight is 310 g/mol. The molecule has 3 heteroatoms. The van der Waals surface area contributed by atoms with E-state index in [1.807, 2.05) is 30.0 Å². The van der Waals surface area contributed by atoms with Crippen molar-refractivity contribution in [2.45, 2.75) is 33.7 Å². The molecule has 122 valence electrons. The van der Waals surface area contributed by atoms with Gasteiger partial charge in [-0.15, -0.1) is 0 Å². The van der Waals surface area contributed by atoms with E-state index in [1.54, 1.807) is 0 Å². The molecule has 0 aromatic heterocycles. The third-order valence-corrected chi connectivity index (χ3v) is 4.13. The van der Waals surface area contributed by atoms with Gasteiger partial charge in [0.1, 0.15) is 0 Å². The zero-order valence-corrected chi connectivity index (χ0v) is 14.3. The molecule has 0 fully saturated rings. The lowest BCUT2D eigenvalue weighted by Crippen LogP contribution is -2.31. The Bertz CT molecular complexity index is 637. The van der Waals surface area contributed by atoms with Crippen LogP contribution >= 0.6 is 0 Å². The van der Waals surface area contributed by atoms with Crippen molar-refractivity contribution >= 4 is 11.6 Å². The lowest BCUT2D eigenvalue weighted by atomic mass is 10.1. The van der Waals surface area contributed by atoms with E-state index in [2.05, 4.69) is 49.5 Å². The first-order valence-electron chi connectivity index (χ1n) is 8.23. The highest BCUT2D eigenvalue weighted by molar-refractivity contribution is 5.76. The lowest BCUT2D eigenvalue weighted by Gasteiger charge is -2.21. The normalized spacial score (nSPS) is 10.4. The number of nitrogens with one attached hydrogen (secondary N) is 1. The smallest absolute Gasteiger partial charge is 0.224 e. The molecule has 0 saturated carbocycles. The van der Waals surface area contributed by atoms with E-state index in [9.17, 15) is 4.79 Å². The van der Waals surface area contributed by atoms with Crippen LogP contribution in [0.2, 0.25) is 0 Å². The van der Waals surface area contributed by atoms with Gasteiger partial charge in [-0.05, 0) is 49.6 Å². The van der Waals surface area contributed by atoms with Gasteiger partial charge in [0.2, 0.25) is 5.91 Å². The highest BCUT2D eigenvalue weighted by Gasteiger charge is 2.11. The zero-order valence-electron chi connectivity index (χ0n) is 14.3. The average Bonchev–Trinajstić information content (AvgIpc) is 2.56. The van der Waals surface area contributed by atoms with Gasteiger partial charge in [0.25, 0.3) is 0 Å². The van der Waals surface area contributed by atoms with E-state index in [0.717, 1.165) is 12.2 Å². The molecule has 0 aliphatic carbocycles. The van der Waals surface area contributed by atoms with Crippen molar-refractivity contribution in [1.29, 1.82) is 0 Å². The van der Waals surface area contributed by atoms with E-state index >= 15 is 0 Å². The molecule has 3 nitrogen and oxygen atoms in total. The van der Waals surface area contributed by atoms with Gasteiger partial charge >= 0.3 is 0 Å². The number of benzene rings is 2. The third kappa shape index (κ3) is 5.13. The Morgan fingerprint density at radius 3 is 2.43 bits per heavy atom. The van der Waals surface area contributed by atoms with E-state index < -0.39 is 0 Å². The van der Waals surface area contributed by atoms with E-state index in [1.165, 1.54) is 16.7 Å². The van der Waals surface area contributed by atoms with Crippen LogP contribution in [-0.4, -0.2) is 23.9 Å². The number of hydrogen-bond donors (Lipinski definition) is 1. The van der Waals surface area contributed by atoms with Crippen molar-refractivity contribution in [1.82, 2.24) is 4.90 Å². The van der Waals surface area contributed by atoms with Gasteiger partial charge in [0, 0.05) is 31.7 Å². The van der Waals surface area contributed by atoms with Crippen LogP contribution in [0.1, 0.15) is 30.0 Å². The Balaban J connectivity index is 1.83. The first-order valence-corrected chi connectivity index (χ1v) is 8.23. The minimum Gasteiger partial charge on any atom is -0.385 e. The molecule has 0 aliphatic rings. The molecule has 0 atom stereocenters. The molecule has 0 bridgehead atoms. The molecule has 0 radical (unpaired) electrons. The fourth-order valence-corrected chi connectivity index (χ4v) is 2.50. The van der Waals surface area contributed by atoms with Crippen LogP contribution in [0.25, 0.3) is 0 Å². The van der Waals surface area contributed by atoms with E-state index in [-0.39, 0.29) is 5.91 Å². The van der Waals surface area contributed by atoms with Gasteiger partial charge in [0.05, 0.1) is 0 Å². The largest absolute Gasteiger partial charge is 0.385 e. The monoisotopic (exact) mass is 310 g/mol. The molecule has 0 heterocycles. The SMILES string of the molecule is CCN(Cc1ccccc1)C(=O)CCNc1ccc(C)c(C)c1. The lowest BCUT2D eigenvalue weighted by molar-refractivity contribution is -0.131. The number of amides is 1. The van der Waals surface area contributed by atoms with Crippen molar-refractivity contribution in [3.8, 4) is 0 Å². The van der Waals surface area contributed by atoms with Gasteiger partial charge in [-0.3, -0.25) is 4.79 Å². The second-order valence-corrected chi connectivity index (χ2v) is 5.87. The Kier molecular flexibility index (Phi) is 6.21. The van der Waals surface area contributed by atoms with Gasteiger partial charge in [0.15, 0.2) is 0 Å². The molecule has 1 amide bonds. The van der Waals surface area contributed by atoms with Crippen molar-refractivity contribution in [3.05, 3.63) is 65.2 Å². The topological polar surface area (TPSA) is 32.3 Å². The van der Waals surface area contributed by atoms with Crippen LogP contribution in [0.3, 0.4) is 0 Å². The summed E-state index contributed by atoms with van der Waals surface area (Å²) >= 11 is 0. The number of aryl methyl sites for hydroxylation is 2. The van der Waals surface area contributed by atoms with Crippen LogP contribution in [0.4, 0.5) is 5.69 Å². The fourth-order valence-electron chi connectivity index (χ4n) is 2.50. The van der Waals surface area contributed by atoms with E-state index in [0.29, 0.717) is 19.5 Å². The second kappa shape index (κ2) is 8.37. The van der Waals surface area contributed by atoms with Crippen LogP contribution in [-0.2, 0) is 11.3 Å². The van der Waals surface area contributed by atoms with Crippen LogP contribution in [0.5, 0.6) is 0 Å². The highest BCUT2D eigenvalue weighted by atomic mass is 16.2. The predicted molar refractivity (Wildman–Crippen MR) is 96.6 cm³/mol. The summed E-state index contributed by atoms with van der Waals surface area (Å²) < 4.78 is 0. The molecule has 2 aromatic carbocycles. The molecule has 0 spiro atoms. The van der Waals surface area contributed by atoms with E-state index in [4.69, 9.17) is 0 Å². The van der Waals surface area contributed by atoms with Crippen molar-refractivity contribution in [3.63, 3.8) is 0 Å². The summed E-state index contributed by atoms with van der Waals surface area (Å²) in [7, 11) is 0. The number of rotatable bonds is 7. The summed E-state index contributed by atoms with van der Waals surface area (Å²) in [5, 5.41) is 3.34. The van der Waals surface area contributed by atoms with Crippen molar-refractivity contribution in [2.75, 3.05) is 18.4 Å².